The van der Waals surface area contributed by atoms with E-state index in [0.717, 1.165) is 5.56 Å². The Morgan fingerprint density at radius 1 is 0.619 bits per heavy atom. The maximum atomic E-state index is 13.2. The lowest BCUT2D eigenvalue weighted by atomic mass is 10.0. The normalized spacial score (nSPS) is 12.0. The van der Waals surface area contributed by atoms with Crippen molar-refractivity contribution in [2.45, 2.75) is 10.1 Å². The number of hydrogen-bond acceptors (Lipinski definition) is 1. The zero-order chi connectivity index (χ0) is 14.5. The van der Waals surface area contributed by atoms with Crippen molar-refractivity contribution in [3.05, 3.63) is 102 Å². The van der Waals surface area contributed by atoms with E-state index in [2.05, 4.69) is 24.3 Å². The summed E-state index contributed by atoms with van der Waals surface area (Å²) >= 11 is 1.78. The van der Waals surface area contributed by atoms with Gasteiger partial charge in [0.2, 0.25) is 0 Å². The Bertz CT molecular complexity index is 678. The summed E-state index contributed by atoms with van der Waals surface area (Å²) in [4.78, 5) is 1.20. The lowest BCUT2D eigenvalue weighted by Crippen LogP contribution is -1.96. The third-order valence-electron chi connectivity index (χ3n) is 3.27. The van der Waals surface area contributed by atoms with Crippen LogP contribution in [0.3, 0.4) is 0 Å². The molecule has 0 unspecified atom stereocenters. The summed E-state index contributed by atoms with van der Waals surface area (Å²) in [6.07, 6.45) is 0. The summed E-state index contributed by atoms with van der Waals surface area (Å²) in [5, 5.41) is 0.161. The average Bonchev–Trinajstić information content (AvgIpc) is 2.55. The van der Waals surface area contributed by atoms with Crippen molar-refractivity contribution in [2.24, 2.45) is 0 Å². The molecular weight excluding hydrogens is 279 g/mol. The lowest BCUT2D eigenvalue weighted by Gasteiger charge is -2.17. The second-order valence-corrected chi connectivity index (χ2v) is 5.95. The first-order chi connectivity index (χ1) is 10.3. The molecule has 0 saturated heterocycles. The molecule has 0 aromatic heterocycles. The van der Waals surface area contributed by atoms with Gasteiger partial charge < -0.3 is 0 Å². The molecule has 2 heteroatoms. The molecule has 3 rings (SSSR count). The smallest absolute Gasteiger partial charge is 0.123 e. The highest BCUT2D eigenvalue weighted by Crippen LogP contribution is 2.40. The van der Waals surface area contributed by atoms with Gasteiger partial charge in [-0.25, -0.2) is 4.39 Å². The molecular formula is C19H15FS. The molecule has 0 bridgehead atoms. The van der Waals surface area contributed by atoms with Crippen molar-refractivity contribution in [1.82, 2.24) is 0 Å². The van der Waals surface area contributed by atoms with Gasteiger partial charge in [0.15, 0.2) is 0 Å². The summed E-state index contributed by atoms with van der Waals surface area (Å²) < 4.78 is 13.2. The van der Waals surface area contributed by atoms with E-state index in [1.165, 1.54) is 22.6 Å². The van der Waals surface area contributed by atoms with Gasteiger partial charge in [0, 0.05) is 4.90 Å². The predicted molar refractivity (Wildman–Crippen MR) is 87.0 cm³/mol. The van der Waals surface area contributed by atoms with Crippen molar-refractivity contribution in [1.29, 1.82) is 0 Å². The van der Waals surface area contributed by atoms with Crippen LogP contribution < -0.4 is 0 Å². The van der Waals surface area contributed by atoms with E-state index in [9.17, 15) is 4.39 Å². The van der Waals surface area contributed by atoms with Crippen LogP contribution in [0.15, 0.2) is 89.8 Å². The molecule has 0 fully saturated rings. The molecule has 0 aliphatic carbocycles. The summed E-state index contributed by atoms with van der Waals surface area (Å²) in [5.74, 6) is -0.199. The number of thioether (sulfide) groups is 1. The maximum absolute atomic E-state index is 13.2. The van der Waals surface area contributed by atoms with E-state index in [1.807, 2.05) is 48.5 Å². The van der Waals surface area contributed by atoms with Crippen LogP contribution in [0.25, 0.3) is 0 Å². The van der Waals surface area contributed by atoms with Crippen molar-refractivity contribution in [2.75, 3.05) is 0 Å². The minimum Gasteiger partial charge on any atom is -0.207 e. The molecule has 0 heterocycles. The molecule has 0 amide bonds. The van der Waals surface area contributed by atoms with E-state index in [-0.39, 0.29) is 11.1 Å². The van der Waals surface area contributed by atoms with Crippen LogP contribution in [-0.2, 0) is 0 Å². The molecule has 3 aromatic rings. The molecule has 3 aromatic carbocycles. The number of hydrogen-bond donors (Lipinski definition) is 0. The van der Waals surface area contributed by atoms with E-state index in [1.54, 1.807) is 11.8 Å². The molecule has 0 aliphatic heterocycles. The second-order valence-electron chi connectivity index (χ2n) is 4.77. The van der Waals surface area contributed by atoms with Crippen LogP contribution in [0.5, 0.6) is 0 Å². The van der Waals surface area contributed by atoms with Crippen molar-refractivity contribution < 1.29 is 4.39 Å². The van der Waals surface area contributed by atoms with Gasteiger partial charge in [0.1, 0.15) is 5.82 Å². The number of rotatable bonds is 4. The first-order valence-corrected chi connectivity index (χ1v) is 7.73. The minimum absolute atomic E-state index is 0.161. The summed E-state index contributed by atoms with van der Waals surface area (Å²) in [7, 11) is 0. The first kappa shape index (κ1) is 13.9. The van der Waals surface area contributed by atoms with Crippen LogP contribution in [0.1, 0.15) is 16.4 Å². The zero-order valence-corrected chi connectivity index (χ0v) is 12.3. The Labute approximate surface area is 128 Å². The molecule has 0 aliphatic rings. The fourth-order valence-electron chi connectivity index (χ4n) is 2.23. The Morgan fingerprint density at radius 2 is 1.14 bits per heavy atom. The highest BCUT2D eigenvalue weighted by atomic mass is 32.2. The Kier molecular flexibility index (Phi) is 4.37. The Morgan fingerprint density at radius 3 is 1.76 bits per heavy atom. The van der Waals surface area contributed by atoms with Gasteiger partial charge in [-0.3, -0.25) is 0 Å². The van der Waals surface area contributed by atoms with Gasteiger partial charge in [-0.05, 0) is 35.4 Å². The highest BCUT2D eigenvalue weighted by molar-refractivity contribution is 7.99. The molecule has 104 valence electrons. The van der Waals surface area contributed by atoms with Gasteiger partial charge in [-0.2, -0.15) is 0 Å². The largest absolute Gasteiger partial charge is 0.207 e. The quantitative estimate of drug-likeness (QED) is 0.556. The van der Waals surface area contributed by atoms with Crippen LogP contribution >= 0.6 is 11.8 Å². The second kappa shape index (κ2) is 6.59. The van der Waals surface area contributed by atoms with E-state index in [4.69, 9.17) is 0 Å². The van der Waals surface area contributed by atoms with Crippen LogP contribution in [0.2, 0.25) is 0 Å². The van der Waals surface area contributed by atoms with Gasteiger partial charge in [-0.15, -0.1) is 11.8 Å². The van der Waals surface area contributed by atoms with Gasteiger partial charge >= 0.3 is 0 Å². The van der Waals surface area contributed by atoms with E-state index >= 15 is 0 Å². The molecule has 0 radical (unpaired) electrons. The average molecular weight is 294 g/mol. The zero-order valence-electron chi connectivity index (χ0n) is 11.4. The van der Waals surface area contributed by atoms with E-state index < -0.39 is 0 Å². The Balaban J connectivity index is 1.97. The van der Waals surface area contributed by atoms with Gasteiger partial charge in [0.25, 0.3) is 0 Å². The first-order valence-electron chi connectivity index (χ1n) is 6.85. The minimum atomic E-state index is -0.199. The third kappa shape index (κ3) is 3.53. The van der Waals surface area contributed by atoms with Crippen molar-refractivity contribution in [3.63, 3.8) is 0 Å². The molecule has 21 heavy (non-hydrogen) atoms. The van der Waals surface area contributed by atoms with Crippen LogP contribution in [-0.4, -0.2) is 0 Å². The van der Waals surface area contributed by atoms with E-state index in [0.29, 0.717) is 0 Å². The SMILES string of the molecule is Fc1ccc([C@H](Sc2ccccc2)c2ccccc2)cc1. The number of benzene rings is 3. The standard InChI is InChI=1S/C19H15FS/c20-17-13-11-16(12-14-17)19(15-7-3-1-4-8-15)21-18-9-5-2-6-10-18/h1-14,19H/t19-/m1/s1. The summed E-state index contributed by atoms with van der Waals surface area (Å²) in [6, 6.07) is 27.4. The Hall–Kier alpha value is -2.06. The topological polar surface area (TPSA) is 0 Å². The molecule has 0 N–H and O–H groups in total. The van der Waals surface area contributed by atoms with Crippen molar-refractivity contribution in [3.8, 4) is 0 Å². The fraction of sp³-hybridized carbons (Fsp3) is 0.0526. The molecule has 1 atom stereocenters. The molecule has 0 spiro atoms. The molecule has 0 nitrogen and oxygen atoms in total. The molecule has 0 saturated carbocycles. The predicted octanol–water partition coefficient (Wildman–Crippen LogP) is 5.71. The van der Waals surface area contributed by atoms with Crippen molar-refractivity contribution >= 4 is 11.8 Å². The number of halogens is 1. The lowest BCUT2D eigenvalue weighted by molar-refractivity contribution is 0.627. The summed E-state index contributed by atoms with van der Waals surface area (Å²) in [5.41, 5.74) is 2.33. The third-order valence-corrected chi connectivity index (χ3v) is 4.60. The van der Waals surface area contributed by atoms with Crippen LogP contribution in [0, 0.1) is 5.82 Å². The monoisotopic (exact) mass is 294 g/mol. The van der Waals surface area contributed by atoms with Gasteiger partial charge in [-0.1, -0.05) is 60.7 Å². The fourth-order valence-corrected chi connectivity index (χ4v) is 3.40. The maximum Gasteiger partial charge on any atom is 0.123 e. The van der Waals surface area contributed by atoms with Gasteiger partial charge in [0.05, 0.1) is 5.25 Å². The summed E-state index contributed by atoms with van der Waals surface area (Å²) in [6.45, 7) is 0. The highest BCUT2D eigenvalue weighted by Gasteiger charge is 2.15. The van der Waals surface area contributed by atoms with Crippen LogP contribution in [0.4, 0.5) is 4.39 Å².